The Balaban J connectivity index is 1.87. The highest BCUT2D eigenvalue weighted by Crippen LogP contribution is 2.34. The molecule has 21 heavy (non-hydrogen) atoms. The van der Waals surface area contributed by atoms with Gasteiger partial charge in [-0.2, -0.15) is 5.10 Å². The molecule has 2 aromatic rings. The Morgan fingerprint density at radius 3 is 2.52 bits per heavy atom. The zero-order chi connectivity index (χ0) is 15.0. The van der Waals surface area contributed by atoms with E-state index in [9.17, 15) is 10.2 Å². The lowest BCUT2D eigenvalue weighted by Crippen LogP contribution is -2.13. The van der Waals surface area contributed by atoms with Crippen molar-refractivity contribution in [1.29, 1.82) is 0 Å². The molecule has 0 aromatic heterocycles. The van der Waals surface area contributed by atoms with Gasteiger partial charge in [0.1, 0.15) is 11.5 Å². The predicted molar refractivity (Wildman–Crippen MR) is 82.9 cm³/mol. The second-order valence-corrected chi connectivity index (χ2v) is 5.53. The van der Waals surface area contributed by atoms with Crippen molar-refractivity contribution in [3.8, 4) is 11.5 Å². The Hall–Kier alpha value is -2.20. The molecule has 108 valence electrons. The van der Waals surface area contributed by atoms with Gasteiger partial charge in [-0.05, 0) is 29.8 Å². The van der Waals surface area contributed by atoms with Crippen LogP contribution in [-0.2, 0) is 0 Å². The molecule has 1 atom stereocenters. The largest absolute Gasteiger partial charge is 0.508 e. The third kappa shape index (κ3) is 2.67. The van der Waals surface area contributed by atoms with Crippen molar-refractivity contribution in [1.82, 2.24) is 5.01 Å². The van der Waals surface area contributed by atoms with Gasteiger partial charge in [-0.3, -0.25) is 5.01 Å². The van der Waals surface area contributed by atoms with Crippen LogP contribution in [0.5, 0.6) is 11.5 Å². The van der Waals surface area contributed by atoms with E-state index in [2.05, 4.69) is 5.10 Å². The van der Waals surface area contributed by atoms with Crippen molar-refractivity contribution < 1.29 is 10.2 Å². The first-order chi connectivity index (χ1) is 10.0. The molecule has 0 amide bonds. The van der Waals surface area contributed by atoms with Gasteiger partial charge in [-0.15, -0.1) is 0 Å². The van der Waals surface area contributed by atoms with E-state index in [-0.39, 0.29) is 17.5 Å². The number of phenols is 2. The average molecular weight is 303 g/mol. The van der Waals surface area contributed by atoms with Crippen LogP contribution in [0.3, 0.4) is 0 Å². The number of hydrazone groups is 1. The maximum atomic E-state index is 9.95. The Bertz CT molecular complexity index is 698. The average Bonchev–Trinajstić information content (AvgIpc) is 2.81. The summed E-state index contributed by atoms with van der Waals surface area (Å²) < 4.78 is 0. The third-order valence-corrected chi connectivity index (χ3v) is 3.92. The summed E-state index contributed by atoms with van der Waals surface area (Å²) in [4.78, 5) is 0. The van der Waals surface area contributed by atoms with Crippen LogP contribution in [-0.4, -0.2) is 28.0 Å². The van der Waals surface area contributed by atoms with E-state index >= 15 is 0 Å². The zero-order valence-corrected chi connectivity index (χ0v) is 12.2. The quantitative estimate of drug-likeness (QED) is 0.892. The summed E-state index contributed by atoms with van der Waals surface area (Å²) in [6, 6.07) is 12.4. The first-order valence-corrected chi connectivity index (χ1v) is 7.00. The van der Waals surface area contributed by atoms with Gasteiger partial charge < -0.3 is 10.2 Å². The van der Waals surface area contributed by atoms with Gasteiger partial charge in [-0.1, -0.05) is 23.7 Å². The molecule has 0 saturated heterocycles. The number of phenolic OH excluding ortho intramolecular Hbond substituents is 2. The molecule has 1 heterocycles. The number of hydrogen-bond donors (Lipinski definition) is 2. The van der Waals surface area contributed by atoms with Crippen molar-refractivity contribution in [3.05, 3.63) is 58.6 Å². The van der Waals surface area contributed by atoms with Gasteiger partial charge in [0, 0.05) is 30.1 Å². The molecule has 0 fully saturated rings. The van der Waals surface area contributed by atoms with E-state index in [0.717, 1.165) is 11.3 Å². The molecule has 0 saturated carbocycles. The summed E-state index contributed by atoms with van der Waals surface area (Å²) in [6.45, 7) is 0. The highest BCUT2D eigenvalue weighted by Gasteiger charge is 2.27. The van der Waals surface area contributed by atoms with Gasteiger partial charge in [-0.25, -0.2) is 0 Å². The lowest BCUT2D eigenvalue weighted by atomic mass is 9.98. The number of hydrogen-bond acceptors (Lipinski definition) is 4. The highest BCUT2D eigenvalue weighted by molar-refractivity contribution is 6.30. The third-order valence-electron chi connectivity index (χ3n) is 3.66. The first-order valence-electron chi connectivity index (χ1n) is 6.63. The summed E-state index contributed by atoms with van der Waals surface area (Å²) in [6.07, 6.45) is 0.691. The van der Waals surface area contributed by atoms with E-state index in [1.807, 2.05) is 36.3 Å². The molecule has 1 unspecified atom stereocenters. The molecular weight excluding hydrogens is 288 g/mol. The molecule has 4 nitrogen and oxygen atoms in total. The van der Waals surface area contributed by atoms with Crippen LogP contribution in [0.15, 0.2) is 47.6 Å². The van der Waals surface area contributed by atoms with Crippen LogP contribution in [0.4, 0.5) is 0 Å². The van der Waals surface area contributed by atoms with Gasteiger partial charge in [0.15, 0.2) is 0 Å². The second-order valence-electron chi connectivity index (χ2n) is 5.09. The fourth-order valence-corrected chi connectivity index (χ4v) is 2.69. The second kappa shape index (κ2) is 5.30. The number of benzene rings is 2. The molecule has 0 radical (unpaired) electrons. The standard InChI is InChI=1S/C16H15ClN2O2/c1-19-15(10-2-4-11(17)5-3-10)9-14(18-19)13-7-6-12(20)8-16(13)21/h2-8,15,20-21H,9H2,1H3. The van der Waals surface area contributed by atoms with E-state index in [1.54, 1.807) is 12.1 Å². The van der Waals surface area contributed by atoms with Crippen LogP contribution < -0.4 is 0 Å². The van der Waals surface area contributed by atoms with Crippen molar-refractivity contribution >= 4 is 17.3 Å². The number of nitrogens with zero attached hydrogens (tertiary/aromatic N) is 2. The molecule has 2 aromatic carbocycles. The molecule has 3 rings (SSSR count). The molecule has 1 aliphatic heterocycles. The van der Waals surface area contributed by atoms with Crippen molar-refractivity contribution in [2.24, 2.45) is 5.10 Å². The molecule has 2 N–H and O–H groups in total. The zero-order valence-electron chi connectivity index (χ0n) is 11.5. The minimum absolute atomic E-state index is 0.0393. The summed E-state index contributed by atoms with van der Waals surface area (Å²) in [5, 5.41) is 26.4. The van der Waals surface area contributed by atoms with Crippen LogP contribution in [0.25, 0.3) is 0 Å². The summed E-state index contributed by atoms with van der Waals surface area (Å²) in [5.41, 5.74) is 2.57. The molecule has 0 spiro atoms. The molecule has 1 aliphatic rings. The fraction of sp³-hybridized carbons (Fsp3) is 0.188. The molecule has 0 aliphatic carbocycles. The smallest absolute Gasteiger partial charge is 0.128 e. The topological polar surface area (TPSA) is 56.1 Å². The maximum Gasteiger partial charge on any atom is 0.128 e. The van der Waals surface area contributed by atoms with Crippen LogP contribution in [0, 0.1) is 0 Å². The Morgan fingerprint density at radius 2 is 1.86 bits per heavy atom. The van der Waals surface area contributed by atoms with Crippen LogP contribution in [0.1, 0.15) is 23.6 Å². The molecular formula is C16H15ClN2O2. The maximum absolute atomic E-state index is 9.95. The van der Waals surface area contributed by atoms with Gasteiger partial charge >= 0.3 is 0 Å². The van der Waals surface area contributed by atoms with Crippen LogP contribution >= 0.6 is 11.6 Å². The normalized spacial score (nSPS) is 17.9. The number of rotatable bonds is 2. The monoisotopic (exact) mass is 302 g/mol. The molecule has 0 bridgehead atoms. The highest BCUT2D eigenvalue weighted by atomic mass is 35.5. The summed E-state index contributed by atoms with van der Waals surface area (Å²) >= 11 is 5.92. The van der Waals surface area contributed by atoms with E-state index in [1.165, 1.54) is 6.07 Å². The van der Waals surface area contributed by atoms with E-state index in [0.29, 0.717) is 17.0 Å². The van der Waals surface area contributed by atoms with Crippen molar-refractivity contribution in [2.45, 2.75) is 12.5 Å². The van der Waals surface area contributed by atoms with E-state index in [4.69, 9.17) is 11.6 Å². The van der Waals surface area contributed by atoms with Crippen LogP contribution in [0.2, 0.25) is 5.02 Å². The summed E-state index contributed by atoms with van der Waals surface area (Å²) in [5.74, 6) is 0.0800. The van der Waals surface area contributed by atoms with Gasteiger partial charge in [0.2, 0.25) is 0 Å². The minimum atomic E-state index is 0.0393. The van der Waals surface area contributed by atoms with Gasteiger partial charge in [0.05, 0.1) is 11.8 Å². The van der Waals surface area contributed by atoms with E-state index < -0.39 is 0 Å². The lowest BCUT2D eigenvalue weighted by molar-refractivity contribution is 0.290. The fourth-order valence-electron chi connectivity index (χ4n) is 2.56. The Labute approximate surface area is 127 Å². The number of halogens is 1. The Morgan fingerprint density at radius 1 is 1.14 bits per heavy atom. The number of aromatic hydroxyl groups is 2. The minimum Gasteiger partial charge on any atom is -0.508 e. The predicted octanol–water partition coefficient (Wildman–Crippen LogP) is 3.53. The lowest BCUT2D eigenvalue weighted by Gasteiger charge is -2.18. The SMILES string of the molecule is CN1N=C(c2ccc(O)cc2O)CC1c1ccc(Cl)cc1. The Kier molecular flexibility index (Phi) is 3.47. The van der Waals surface area contributed by atoms with Crippen molar-refractivity contribution in [3.63, 3.8) is 0 Å². The first kappa shape index (κ1) is 13.8. The van der Waals surface area contributed by atoms with Gasteiger partial charge in [0.25, 0.3) is 0 Å². The summed E-state index contributed by atoms with van der Waals surface area (Å²) in [7, 11) is 1.91. The molecule has 5 heteroatoms. The van der Waals surface area contributed by atoms with Crippen molar-refractivity contribution in [2.75, 3.05) is 7.05 Å².